The van der Waals surface area contributed by atoms with Crippen LogP contribution in [0.4, 0.5) is 11.4 Å². The summed E-state index contributed by atoms with van der Waals surface area (Å²) in [6.45, 7) is 6.71. The van der Waals surface area contributed by atoms with E-state index in [1.54, 1.807) is 0 Å². The minimum absolute atomic E-state index is 0.0854. The molecule has 0 aromatic heterocycles. The molecule has 2 heterocycles. The standard InChI is InChI=1S/C28H36N4O2/c33-27(31-19-15-29(16-20-31)25-7-3-1-4-8-25)23-11-13-24(14-12-23)28(34)32-21-17-30(18-22-32)26-9-5-2-6-10-26/h1-10,23-24H,11-22H2. The van der Waals surface area contributed by atoms with Crippen LogP contribution in [0.5, 0.6) is 0 Å². The van der Waals surface area contributed by atoms with E-state index in [-0.39, 0.29) is 11.8 Å². The maximum Gasteiger partial charge on any atom is 0.225 e. The second kappa shape index (κ2) is 10.5. The quantitative estimate of drug-likeness (QED) is 0.701. The summed E-state index contributed by atoms with van der Waals surface area (Å²) in [4.78, 5) is 35.1. The normalized spacial score (nSPS) is 23.6. The Balaban J connectivity index is 1.06. The van der Waals surface area contributed by atoms with E-state index >= 15 is 0 Å². The second-order valence-electron chi connectivity index (χ2n) is 9.84. The first-order valence-corrected chi connectivity index (χ1v) is 12.9. The number of rotatable bonds is 4. The van der Waals surface area contributed by atoms with Crippen LogP contribution in [-0.2, 0) is 9.59 Å². The van der Waals surface area contributed by atoms with Gasteiger partial charge < -0.3 is 19.6 Å². The van der Waals surface area contributed by atoms with Crippen LogP contribution in [0.15, 0.2) is 60.7 Å². The fourth-order valence-electron chi connectivity index (χ4n) is 5.75. The van der Waals surface area contributed by atoms with Gasteiger partial charge in [-0.05, 0) is 49.9 Å². The van der Waals surface area contributed by atoms with Crippen molar-refractivity contribution in [1.82, 2.24) is 9.80 Å². The zero-order valence-corrected chi connectivity index (χ0v) is 20.0. The number of carbonyl (C=O) groups is 2. The topological polar surface area (TPSA) is 47.1 Å². The fraction of sp³-hybridized carbons (Fsp3) is 0.500. The predicted molar refractivity (Wildman–Crippen MR) is 136 cm³/mol. The number of carbonyl (C=O) groups excluding carboxylic acids is 2. The van der Waals surface area contributed by atoms with Gasteiger partial charge in [0.25, 0.3) is 0 Å². The first-order chi connectivity index (χ1) is 16.7. The van der Waals surface area contributed by atoms with Crippen LogP contribution in [0.3, 0.4) is 0 Å². The smallest absolute Gasteiger partial charge is 0.225 e. The summed E-state index contributed by atoms with van der Waals surface area (Å²) in [6.07, 6.45) is 3.38. The summed E-state index contributed by atoms with van der Waals surface area (Å²) in [5.74, 6) is 0.773. The van der Waals surface area contributed by atoms with Crippen LogP contribution in [0, 0.1) is 11.8 Å². The van der Waals surface area contributed by atoms with Gasteiger partial charge in [-0.1, -0.05) is 36.4 Å². The molecule has 180 valence electrons. The minimum Gasteiger partial charge on any atom is -0.368 e. The fourth-order valence-corrected chi connectivity index (χ4v) is 5.75. The molecular weight excluding hydrogens is 424 g/mol. The number of piperazine rings is 2. The van der Waals surface area contributed by atoms with Crippen molar-refractivity contribution < 1.29 is 9.59 Å². The van der Waals surface area contributed by atoms with E-state index in [1.165, 1.54) is 11.4 Å². The molecule has 6 nitrogen and oxygen atoms in total. The molecule has 0 N–H and O–H groups in total. The number of amides is 2. The van der Waals surface area contributed by atoms with Crippen molar-refractivity contribution in [3.05, 3.63) is 60.7 Å². The molecule has 0 atom stereocenters. The first-order valence-electron chi connectivity index (χ1n) is 12.9. The molecule has 1 saturated carbocycles. The molecule has 3 aliphatic rings. The largest absolute Gasteiger partial charge is 0.368 e. The maximum absolute atomic E-state index is 13.2. The Morgan fingerprint density at radius 3 is 1.15 bits per heavy atom. The van der Waals surface area contributed by atoms with Crippen molar-refractivity contribution in [3.8, 4) is 0 Å². The summed E-state index contributed by atoms with van der Waals surface area (Å²) < 4.78 is 0. The average molecular weight is 461 g/mol. The lowest BCUT2D eigenvalue weighted by Crippen LogP contribution is -2.52. The second-order valence-corrected chi connectivity index (χ2v) is 9.84. The van der Waals surface area contributed by atoms with Crippen molar-refractivity contribution in [3.63, 3.8) is 0 Å². The molecule has 2 saturated heterocycles. The lowest BCUT2D eigenvalue weighted by molar-refractivity contribution is -0.141. The molecule has 34 heavy (non-hydrogen) atoms. The highest BCUT2D eigenvalue weighted by atomic mass is 16.2. The molecule has 2 aromatic carbocycles. The number of anilines is 2. The van der Waals surface area contributed by atoms with Gasteiger partial charge in [0, 0.05) is 75.6 Å². The summed E-state index contributed by atoms with van der Waals surface area (Å²) in [6, 6.07) is 20.9. The molecule has 2 aromatic rings. The van der Waals surface area contributed by atoms with Gasteiger partial charge in [0.1, 0.15) is 0 Å². The minimum atomic E-state index is 0.0854. The monoisotopic (exact) mass is 460 g/mol. The molecule has 6 heteroatoms. The lowest BCUT2D eigenvalue weighted by atomic mass is 9.80. The van der Waals surface area contributed by atoms with E-state index in [2.05, 4.69) is 68.1 Å². The Morgan fingerprint density at radius 1 is 0.500 bits per heavy atom. The third kappa shape index (κ3) is 5.06. The van der Waals surface area contributed by atoms with Crippen LogP contribution < -0.4 is 9.80 Å². The highest BCUT2D eigenvalue weighted by molar-refractivity contribution is 5.81. The number of nitrogens with zero attached hydrogens (tertiary/aromatic N) is 4. The SMILES string of the molecule is O=C(C1CCC(C(=O)N2CCN(c3ccccc3)CC2)CC1)N1CCN(c2ccccc2)CC1. The van der Waals surface area contributed by atoms with Gasteiger partial charge in [0.2, 0.25) is 11.8 Å². The highest BCUT2D eigenvalue weighted by Crippen LogP contribution is 2.32. The van der Waals surface area contributed by atoms with Crippen LogP contribution in [0.1, 0.15) is 25.7 Å². The molecule has 5 rings (SSSR count). The Labute approximate surface area is 203 Å². The summed E-state index contributed by atoms with van der Waals surface area (Å²) >= 11 is 0. The first kappa shape index (κ1) is 22.8. The van der Waals surface area contributed by atoms with Crippen molar-refractivity contribution in [2.24, 2.45) is 11.8 Å². The van der Waals surface area contributed by atoms with E-state index in [1.807, 2.05) is 12.1 Å². The van der Waals surface area contributed by atoms with E-state index < -0.39 is 0 Å². The van der Waals surface area contributed by atoms with Crippen LogP contribution >= 0.6 is 0 Å². The van der Waals surface area contributed by atoms with Gasteiger partial charge in [0.05, 0.1) is 0 Å². The van der Waals surface area contributed by atoms with Gasteiger partial charge >= 0.3 is 0 Å². The summed E-state index contributed by atoms with van der Waals surface area (Å²) in [5.41, 5.74) is 2.47. The zero-order valence-electron chi connectivity index (χ0n) is 20.0. The van der Waals surface area contributed by atoms with E-state index in [0.29, 0.717) is 11.8 Å². The van der Waals surface area contributed by atoms with E-state index in [0.717, 1.165) is 78.0 Å². The summed E-state index contributed by atoms with van der Waals surface area (Å²) in [7, 11) is 0. The predicted octanol–water partition coefficient (Wildman–Crippen LogP) is 3.49. The Kier molecular flexibility index (Phi) is 7.02. The average Bonchev–Trinajstić information content (AvgIpc) is 2.93. The van der Waals surface area contributed by atoms with Crippen molar-refractivity contribution >= 4 is 23.2 Å². The van der Waals surface area contributed by atoms with Crippen LogP contribution in [0.25, 0.3) is 0 Å². The lowest BCUT2D eigenvalue weighted by Gasteiger charge is -2.40. The zero-order chi connectivity index (χ0) is 23.3. The van der Waals surface area contributed by atoms with Crippen molar-refractivity contribution in [2.45, 2.75) is 25.7 Å². The highest BCUT2D eigenvalue weighted by Gasteiger charge is 2.35. The maximum atomic E-state index is 13.2. The van der Waals surface area contributed by atoms with Crippen molar-refractivity contribution in [1.29, 1.82) is 0 Å². The molecule has 3 fully saturated rings. The van der Waals surface area contributed by atoms with Crippen LogP contribution in [-0.4, -0.2) is 74.0 Å². The molecule has 0 radical (unpaired) electrons. The third-order valence-corrected chi connectivity index (χ3v) is 7.85. The van der Waals surface area contributed by atoms with Gasteiger partial charge in [-0.2, -0.15) is 0 Å². The van der Waals surface area contributed by atoms with Gasteiger partial charge in [-0.25, -0.2) is 0 Å². The molecule has 0 spiro atoms. The number of benzene rings is 2. The van der Waals surface area contributed by atoms with Gasteiger partial charge in [0.15, 0.2) is 0 Å². The van der Waals surface area contributed by atoms with Crippen molar-refractivity contribution in [2.75, 3.05) is 62.2 Å². The Hall–Kier alpha value is -3.02. The number of hydrogen-bond donors (Lipinski definition) is 0. The molecule has 1 aliphatic carbocycles. The van der Waals surface area contributed by atoms with Gasteiger partial charge in [-0.15, -0.1) is 0 Å². The van der Waals surface area contributed by atoms with Gasteiger partial charge in [-0.3, -0.25) is 9.59 Å². The third-order valence-electron chi connectivity index (χ3n) is 7.85. The van der Waals surface area contributed by atoms with E-state index in [4.69, 9.17) is 0 Å². The number of para-hydroxylation sites is 2. The molecule has 0 bridgehead atoms. The summed E-state index contributed by atoms with van der Waals surface area (Å²) in [5, 5.41) is 0. The Morgan fingerprint density at radius 2 is 0.824 bits per heavy atom. The van der Waals surface area contributed by atoms with E-state index in [9.17, 15) is 9.59 Å². The Bertz CT molecular complexity index is 863. The molecule has 2 amide bonds. The van der Waals surface area contributed by atoms with Crippen LogP contribution in [0.2, 0.25) is 0 Å². The molecule has 2 aliphatic heterocycles. The molecular formula is C28H36N4O2. The molecule has 0 unspecified atom stereocenters. The number of hydrogen-bond acceptors (Lipinski definition) is 4.